The lowest BCUT2D eigenvalue weighted by Gasteiger charge is -2.27. The van der Waals surface area contributed by atoms with Crippen molar-refractivity contribution in [2.75, 3.05) is 6.54 Å². The fourth-order valence-corrected chi connectivity index (χ4v) is 3.49. The summed E-state index contributed by atoms with van der Waals surface area (Å²) in [7, 11) is 1.99. The third-order valence-electron chi connectivity index (χ3n) is 4.73. The number of aryl methyl sites for hydroxylation is 2. The van der Waals surface area contributed by atoms with Gasteiger partial charge in [0, 0.05) is 30.9 Å². The van der Waals surface area contributed by atoms with E-state index in [-0.39, 0.29) is 5.91 Å². The Morgan fingerprint density at radius 3 is 2.67 bits per heavy atom. The average molecular weight is 291 g/mol. The van der Waals surface area contributed by atoms with Gasteiger partial charge in [-0.3, -0.25) is 9.48 Å². The van der Waals surface area contributed by atoms with Crippen LogP contribution in [0, 0.1) is 0 Å². The first-order valence-corrected chi connectivity index (χ1v) is 8.41. The molecular formula is C17H29N3O. The van der Waals surface area contributed by atoms with Crippen LogP contribution in [0.25, 0.3) is 0 Å². The van der Waals surface area contributed by atoms with E-state index < -0.39 is 0 Å². The van der Waals surface area contributed by atoms with Gasteiger partial charge in [-0.1, -0.05) is 26.7 Å². The van der Waals surface area contributed by atoms with E-state index >= 15 is 0 Å². The Morgan fingerprint density at radius 1 is 1.24 bits per heavy atom. The molecule has 1 atom stereocenters. The molecular weight excluding hydrogens is 262 g/mol. The van der Waals surface area contributed by atoms with Gasteiger partial charge in [-0.05, 0) is 32.6 Å². The molecule has 2 heterocycles. The van der Waals surface area contributed by atoms with Crippen LogP contribution in [-0.2, 0) is 31.1 Å². The van der Waals surface area contributed by atoms with Crippen LogP contribution in [0.5, 0.6) is 0 Å². The maximum atomic E-state index is 12.8. The van der Waals surface area contributed by atoms with Crippen LogP contribution in [0.3, 0.4) is 0 Å². The molecule has 1 fully saturated rings. The van der Waals surface area contributed by atoms with Crippen LogP contribution in [0.4, 0.5) is 0 Å². The molecule has 0 spiro atoms. The summed E-state index contributed by atoms with van der Waals surface area (Å²) >= 11 is 0. The van der Waals surface area contributed by atoms with E-state index in [0.717, 1.165) is 37.9 Å². The van der Waals surface area contributed by atoms with Crippen molar-refractivity contribution in [2.24, 2.45) is 7.05 Å². The summed E-state index contributed by atoms with van der Waals surface area (Å²) in [5.74, 6) is 0.279. The Labute approximate surface area is 128 Å². The predicted molar refractivity (Wildman–Crippen MR) is 85.3 cm³/mol. The van der Waals surface area contributed by atoms with Crippen molar-refractivity contribution in [3.8, 4) is 0 Å². The van der Waals surface area contributed by atoms with Gasteiger partial charge in [0.1, 0.15) is 0 Å². The molecule has 1 amide bonds. The molecule has 2 rings (SSSR count). The minimum Gasteiger partial charge on any atom is -0.340 e. The van der Waals surface area contributed by atoms with Gasteiger partial charge in [-0.2, -0.15) is 5.10 Å². The summed E-state index contributed by atoms with van der Waals surface area (Å²) in [4.78, 5) is 14.9. The standard InChI is InChI=1S/C17H29N3O/c1-5-15-14(16(6-2)19(4)18-15)12-17(21)20-11-9-7-8-10-13(20)3/h13H,5-12H2,1-4H3/t13-/m1/s1. The van der Waals surface area contributed by atoms with E-state index in [0.29, 0.717) is 12.5 Å². The van der Waals surface area contributed by atoms with Crippen molar-refractivity contribution < 1.29 is 4.79 Å². The summed E-state index contributed by atoms with van der Waals surface area (Å²) in [6.45, 7) is 7.36. The van der Waals surface area contributed by atoms with E-state index in [1.807, 2.05) is 11.7 Å². The number of likely N-dealkylation sites (tertiary alicyclic amines) is 1. The third-order valence-corrected chi connectivity index (χ3v) is 4.73. The smallest absolute Gasteiger partial charge is 0.227 e. The van der Waals surface area contributed by atoms with E-state index in [9.17, 15) is 4.79 Å². The Morgan fingerprint density at radius 2 is 2.00 bits per heavy atom. The molecule has 4 nitrogen and oxygen atoms in total. The van der Waals surface area contributed by atoms with Gasteiger partial charge in [0.05, 0.1) is 12.1 Å². The number of aromatic nitrogens is 2. The monoisotopic (exact) mass is 291 g/mol. The molecule has 21 heavy (non-hydrogen) atoms. The van der Waals surface area contributed by atoms with E-state index in [1.54, 1.807) is 0 Å². The first-order chi connectivity index (χ1) is 10.1. The quantitative estimate of drug-likeness (QED) is 0.855. The predicted octanol–water partition coefficient (Wildman–Crippen LogP) is 2.88. The van der Waals surface area contributed by atoms with Crippen molar-refractivity contribution in [1.82, 2.24) is 14.7 Å². The highest BCUT2D eigenvalue weighted by Gasteiger charge is 2.24. The molecule has 1 aliphatic rings. The highest BCUT2D eigenvalue weighted by atomic mass is 16.2. The highest BCUT2D eigenvalue weighted by Crippen LogP contribution is 2.21. The van der Waals surface area contributed by atoms with Crippen LogP contribution in [0.15, 0.2) is 0 Å². The molecule has 0 aromatic carbocycles. The number of hydrogen-bond donors (Lipinski definition) is 0. The zero-order valence-corrected chi connectivity index (χ0v) is 14.0. The van der Waals surface area contributed by atoms with Crippen LogP contribution >= 0.6 is 0 Å². The summed E-state index contributed by atoms with van der Waals surface area (Å²) in [6, 6.07) is 0.381. The number of carbonyl (C=O) groups excluding carboxylic acids is 1. The Balaban J connectivity index is 2.18. The van der Waals surface area contributed by atoms with E-state index in [1.165, 1.54) is 24.1 Å². The summed E-state index contributed by atoms with van der Waals surface area (Å²) < 4.78 is 1.95. The lowest BCUT2D eigenvalue weighted by atomic mass is 10.0. The molecule has 1 aromatic heterocycles. The van der Waals surface area contributed by atoms with Gasteiger partial charge in [-0.25, -0.2) is 0 Å². The maximum absolute atomic E-state index is 12.8. The Bertz CT molecular complexity index is 492. The third kappa shape index (κ3) is 3.47. The van der Waals surface area contributed by atoms with Crippen molar-refractivity contribution in [3.63, 3.8) is 0 Å². The van der Waals surface area contributed by atoms with Gasteiger partial charge in [0.2, 0.25) is 5.91 Å². The average Bonchev–Trinajstić information content (AvgIpc) is 2.62. The van der Waals surface area contributed by atoms with Gasteiger partial charge < -0.3 is 4.90 Å². The maximum Gasteiger partial charge on any atom is 0.227 e. The molecule has 0 unspecified atom stereocenters. The Kier molecular flexibility index (Phi) is 5.43. The second-order valence-electron chi connectivity index (χ2n) is 6.16. The lowest BCUT2D eigenvalue weighted by molar-refractivity contribution is -0.132. The van der Waals surface area contributed by atoms with Crippen LogP contribution < -0.4 is 0 Å². The van der Waals surface area contributed by atoms with Crippen molar-refractivity contribution in [3.05, 3.63) is 17.0 Å². The molecule has 0 saturated carbocycles. The first kappa shape index (κ1) is 16.1. The van der Waals surface area contributed by atoms with E-state index in [4.69, 9.17) is 0 Å². The molecule has 1 saturated heterocycles. The minimum atomic E-state index is 0.279. The Hall–Kier alpha value is -1.32. The number of amides is 1. The molecule has 0 N–H and O–H groups in total. The van der Waals surface area contributed by atoms with Crippen molar-refractivity contribution >= 4 is 5.91 Å². The summed E-state index contributed by atoms with van der Waals surface area (Å²) in [5, 5.41) is 4.58. The van der Waals surface area contributed by atoms with Crippen molar-refractivity contribution in [1.29, 1.82) is 0 Å². The second-order valence-corrected chi connectivity index (χ2v) is 6.16. The molecule has 1 aliphatic heterocycles. The number of hydrogen-bond acceptors (Lipinski definition) is 2. The minimum absolute atomic E-state index is 0.279. The van der Waals surface area contributed by atoms with Crippen LogP contribution in [-0.4, -0.2) is 33.2 Å². The molecule has 0 aliphatic carbocycles. The molecule has 4 heteroatoms. The van der Waals surface area contributed by atoms with Crippen LogP contribution in [0.1, 0.15) is 63.4 Å². The molecule has 0 radical (unpaired) electrons. The highest BCUT2D eigenvalue weighted by molar-refractivity contribution is 5.79. The lowest BCUT2D eigenvalue weighted by Crippen LogP contribution is -2.39. The summed E-state index contributed by atoms with van der Waals surface area (Å²) in [6.07, 6.45) is 7.13. The van der Waals surface area contributed by atoms with Crippen LogP contribution in [0.2, 0.25) is 0 Å². The fraction of sp³-hybridized carbons (Fsp3) is 0.765. The number of nitrogens with zero attached hydrogens (tertiary/aromatic N) is 3. The number of carbonyl (C=O) groups is 1. The normalized spacial score (nSPS) is 19.6. The number of rotatable bonds is 4. The van der Waals surface area contributed by atoms with Gasteiger partial charge >= 0.3 is 0 Å². The van der Waals surface area contributed by atoms with Gasteiger partial charge in [-0.15, -0.1) is 0 Å². The second kappa shape index (κ2) is 7.10. The van der Waals surface area contributed by atoms with E-state index in [2.05, 4.69) is 30.8 Å². The first-order valence-electron chi connectivity index (χ1n) is 8.41. The fourth-order valence-electron chi connectivity index (χ4n) is 3.49. The molecule has 1 aromatic rings. The topological polar surface area (TPSA) is 38.1 Å². The zero-order valence-electron chi connectivity index (χ0n) is 14.0. The SMILES string of the molecule is CCc1nn(C)c(CC)c1CC(=O)N1CCCCC[C@H]1C. The van der Waals surface area contributed by atoms with Crippen molar-refractivity contribution in [2.45, 2.75) is 71.8 Å². The molecule has 118 valence electrons. The summed E-state index contributed by atoms with van der Waals surface area (Å²) in [5.41, 5.74) is 3.47. The van der Waals surface area contributed by atoms with Gasteiger partial charge in [0.25, 0.3) is 0 Å². The van der Waals surface area contributed by atoms with Gasteiger partial charge in [0.15, 0.2) is 0 Å². The largest absolute Gasteiger partial charge is 0.340 e. The molecule has 0 bridgehead atoms. The zero-order chi connectivity index (χ0) is 15.4.